The van der Waals surface area contributed by atoms with Gasteiger partial charge >= 0.3 is 0 Å². The van der Waals surface area contributed by atoms with Crippen LogP contribution in [0.3, 0.4) is 0 Å². The molecule has 120 valence electrons. The van der Waals surface area contributed by atoms with Crippen molar-refractivity contribution in [3.05, 3.63) is 30.1 Å². The molecule has 0 spiro atoms. The summed E-state index contributed by atoms with van der Waals surface area (Å²) < 4.78 is 12.1. The summed E-state index contributed by atoms with van der Waals surface area (Å²) in [5.41, 5.74) is 1.22. The molecule has 1 heterocycles. The maximum atomic E-state index is 12.2. The van der Waals surface area contributed by atoms with Gasteiger partial charge < -0.3 is 31.4 Å². The lowest BCUT2D eigenvalue weighted by molar-refractivity contribution is -0.696. The SMILES string of the molecule is COCCN(CCOC)C(=O)CC[n+]1ccc(C)cc1.[Br-]. The predicted molar refractivity (Wildman–Crippen MR) is 76.3 cm³/mol. The first-order chi connectivity index (χ1) is 9.67. The van der Waals surface area contributed by atoms with Gasteiger partial charge in [0.15, 0.2) is 18.9 Å². The molecular weight excluding hydrogens is 336 g/mol. The number of halogens is 1. The number of hydrogen-bond acceptors (Lipinski definition) is 3. The third-order valence-electron chi connectivity index (χ3n) is 3.13. The quantitative estimate of drug-likeness (QED) is 0.469. The number of aromatic nitrogens is 1. The van der Waals surface area contributed by atoms with Crippen molar-refractivity contribution in [3.63, 3.8) is 0 Å². The highest BCUT2D eigenvalue weighted by Gasteiger charge is 2.14. The van der Waals surface area contributed by atoms with Crippen molar-refractivity contribution in [1.29, 1.82) is 0 Å². The second-order valence-corrected chi connectivity index (χ2v) is 4.73. The maximum absolute atomic E-state index is 12.2. The zero-order chi connectivity index (χ0) is 14.8. The molecule has 0 saturated carbocycles. The number of amides is 1. The van der Waals surface area contributed by atoms with Crippen molar-refractivity contribution in [3.8, 4) is 0 Å². The lowest BCUT2D eigenvalue weighted by atomic mass is 10.3. The minimum Gasteiger partial charge on any atom is -1.00 e. The molecule has 1 amide bonds. The molecule has 0 atom stereocenters. The van der Waals surface area contributed by atoms with Crippen molar-refractivity contribution < 1.29 is 35.8 Å². The number of aryl methyl sites for hydroxylation is 2. The van der Waals surface area contributed by atoms with Gasteiger partial charge in [0.05, 0.1) is 19.6 Å². The van der Waals surface area contributed by atoms with Gasteiger partial charge in [-0.1, -0.05) is 0 Å². The third kappa shape index (κ3) is 8.14. The number of carbonyl (C=O) groups is 1. The van der Waals surface area contributed by atoms with Crippen LogP contribution in [0.1, 0.15) is 12.0 Å². The molecule has 6 heteroatoms. The second kappa shape index (κ2) is 11.7. The van der Waals surface area contributed by atoms with E-state index in [0.29, 0.717) is 39.3 Å². The molecule has 1 aromatic rings. The number of ether oxygens (including phenoxy) is 2. The summed E-state index contributed by atoms with van der Waals surface area (Å²) >= 11 is 0. The number of pyridine rings is 1. The molecule has 0 aliphatic rings. The Morgan fingerprint density at radius 2 is 1.67 bits per heavy atom. The number of methoxy groups -OCH3 is 2. The molecular formula is C15H25BrN2O3. The average molecular weight is 361 g/mol. The van der Waals surface area contributed by atoms with E-state index >= 15 is 0 Å². The van der Waals surface area contributed by atoms with Gasteiger partial charge in [0.2, 0.25) is 5.91 Å². The van der Waals surface area contributed by atoms with Crippen LogP contribution >= 0.6 is 0 Å². The van der Waals surface area contributed by atoms with Gasteiger partial charge in [-0.2, -0.15) is 0 Å². The summed E-state index contributed by atoms with van der Waals surface area (Å²) in [6, 6.07) is 4.08. The van der Waals surface area contributed by atoms with Crippen LogP contribution < -0.4 is 21.5 Å². The number of rotatable bonds is 9. The standard InChI is InChI=1S/C15H25N2O3.BrH/c1-14-4-7-16(8-5-14)9-6-15(18)17(10-12-19-2)11-13-20-3;/h4-5,7-8H,6,9-13H2,1-3H3;1H/q+1;/p-1. The van der Waals surface area contributed by atoms with Crippen LogP contribution in [0.4, 0.5) is 0 Å². The summed E-state index contributed by atoms with van der Waals surface area (Å²) in [5, 5.41) is 0. The smallest absolute Gasteiger partial charge is 0.229 e. The minimum absolute atomic E-state index is 0. The van der Waals surface area contributed by atoms with E-state index in [0.717, 1.165) is 0 Å². The first kappa shape index (κ1) is 20.0. The van der Waals surface area contributed by atoms with Crippen LogP contribution in [-0.2, 0) is 20.8 Å². The molecule has 0 aliphatic heterocycles. The van der Waals surface area contributed by atoms with Crippen molar-refractivity contribution in [2.45, 2.75) is 19.9 Å². The average Bonchev–Trinajstić information content (AvgIpc) is 2.46. The molecule has 0 bridgehead atoms. The molecule has 1 aromatic heterocycles. The second-order valence-electron chi connectivity index (χ2n) is 4.73. The van der Waals surface area contributed by atoms with Gasteiger partial charge in [-0.05, 0) is 12.5 Å². The highest BCUT2D eigenvalue weighted by Crippen LogP contribution is 1.97. The Morgan fingerprint density at radius 3 is 2.14 bits per heavy atom. The Hall–Kier alpha value is -0.980. The maximum Gasteiger partial charge on any atom is 0.229 e. The molecule has 1 rings (SSSR count). The number of nitrogens with zero attached hydrogens (tertiary/aromatic N) is 2. The Bertz CT molecular complexity index is 390. The fourth-order valence-electron chi connectivity index (χ4n) is 1.83. The van der Waals surface area contributed by atoms with Crippen molar-refractivity contribution in [2.24, 2.45) is 0 Å². The summed E-state index contributed by atoms with van der Waals surface area (Å²) in [6.45, 7) is 5.05. The molecule has 0 N–H and O–H groups in total. The monoisotopic (exact) mass is 360 g/mol. The van der Waals surface area contributed by atoms with Crippen LogP contribution in [0.25, 0.3) is 0 Å². The van der Waals surface area contributed by atoms with Gasteiger partial charge in [-0.3, -0.25) is 4.79 Å². The van der Waals surface area contributed by atoms with Crippen molar-refractivity contribution in [2.75, 3.05) is 40.5 Å². The predicted octanol–water partition coefficient (Wildman–Crippen LogP) is -2.20. The Kier molecular flexibility index (Phi) is 11.1. The van der Waals surface area contributed by atoms with Gasteiger partial charge in [0.25, 0.3) is 0 Å². The molecule has 0 fully saturated rings. The third-order valence-corrected chi connectivity index (χ3v) is 3.13. The number of carbonyl (C=O) groups excluding carboxylic acids is 1. The molecule has 0 aliphatic carbocycles. The zero-order valence-electron chi connectivity index (χ0n) is 13.0. The van der Waals surface area contributed by atoms with Gasteiger partial charge in [0.1, 0.15) is 0 Å². The van der Waals surface area contributed by atoms with E-state index in [1.165, 1.54) is 5.56 Å². The van der Waals surface area contributed by atoms with Gasteiger partial charge in [-0.15, -0.1) is 0 Å². The van der Waals surface area contributed by atoms with Crippen molar-refractivity contribution >= 4 is 5.91 Å². The van der Waals surface area contributed by atoms with E-state index in [9.17, 15) is 4.79 Å². The first-order valence-electron chi connectivity index (χ1n) is 6.88. The first-order valence-corrected chi connectivity index (χ1v) is 6.88. The minimum atomic E-state index is 0. The fourth-order valence-corrected chi connectivity index (χ4v) is 1.83. The van der Waals surface area contributed by atoms with Crippen LogP contribution in [0.15, 0.2) is 24.5 Å². The zero-order valence-corrected chi connectivity index (χ0v) is 14.6. The Balaban J connectivity index is 0.00000400. The van der Waals surface area contributed by atoms with Crippen LogP contribution in [0.5, 0.6) is 0 Å². The van der Waals surface area contributed by atoms with E-state index < -0.39 is 0 Å². The molecule has 0 aromatic carbocycles. The van der Waals surface area contributed by atoms with E-state index in [-0.39, 0.29) is 22.9 Å². The molecule has 21 heavy (non-hydrogen) atoms. The summed E-state index contributed by atoms with van der Waals surface area (Å²) in [4.78, 5) is 14.0. The normalized spacial score (nSPS) is 10.0. The van der Waals surface area contributed by atoms with E-state index in [4.69, 9.17) is 9.47 Å². The fraction of sp³-hybridized carbons (Fsp3) is 0.600. The molecule has 5 nitrogen and oxygen atoms in total. The van der Waals surface area contributed by atoms with E-state index in [2.05, 4.69) is 0 Å². The summed E-state index contributed by atoms with van der Waals surface area (Å²) in [5.74, 6) is 0.132. The highest BCUT2D eigenvalue weighted by atomic mass is 79.9. The van der Waals surface area contributed by atoms with Crippen molar-refractivity contribution in [1.82, 2.24) is 4.90 Å². The van der Waals surface area contributed by atoms with E-state index in [1.54, 1.807) is 19.1 Å². The Labute approximate surface area is 137 Å². The molecule has 0 radical (unpaired) electrons. The van der Waals surface area contributed by atoms with E-state index in [1.807, 2.05) is 36.0 Å². The van der Waals surface area contributed by atoms with Crippen LogP contribution in [-0.4, -0.2) is 51.3 Å². The number of hydrogen-bond donors (Lipinski definition) is 0. The van der Waals surface area contributed by atoms with Gasteiger partial charge in [-0.25, -0.2) is 4.57 Å². The van der Waals surface area contributed by atoms with Crippen LogP contribution in [0, 0.1) is 6.92 Å². The Morgan fingerprint density at radius 1 is 1.14 bits per heavy atom. The summed E-state index contributed by atoms with van der Waals surface area (Å²) in [6.07, 6.45) is 4.48. The lowest BCUT2D eigenvalue weighted by Gasteiger charge is -2.21. The lowest BCUT2D eigenvalue weighted by Crippen LogP contribution is -3.00. The summed E-state index contributed by atoms with van der Waals surface area (Å²) in [7, 11) is 3.28. The molecule has 0 unspecified atom stereocenters. The van der Waals surface area contributed by atoms with Gasteiger partial charge in [0, 0.05) is 39.4 Å². The topological polar surface area (TPSA) is 42.7 Å². The molecule has 0 saturated heterocycles. The van der Waals surface area contributed by atoms with Crippen LogP contribution in [0.2, 0.25) is 0 Å². The highest BCUT2D eigenvalue weighted by molar-refractivity contribution is 5.75. The largest absolute Gasteiger partial charge is 1.00 e.